The predicted molar refractivity (Wildman–Crippen MR) is 73.8 cm³/mol. The van der Waals surface area contributed by atoms with Gasteiger partial charge in [0, 0.05) is 12.1 Å². The molecule has 2 heterocycles. The fraction of sp³-hybridized carbons (Fsp3) is 0.167. The standard InChI is InChI=1S/C12H13N3O8/c13-4-1-7(16)14(10(4)20)5-2-8(17)15(11(5)21)6(12(22)23)3-9(18)19/h1-2,6,16-17,20-21H,3,13H2,(H,18,19)(H,22,23). The van der Waals surface area contributed by atoms with E-state index in [2.05, 4.69) is 0 Å². The highest BCUT2D eigenvalue weighted by Crippen LogP contribution is 2.41. The summed E-state index contributed by atoms with van der Waals surface area (Å²) in [5, 5.41) is 57.2. The second-order valence-corrected chi connectivity index (χ2v) is 4.65. The lowest BCUT2D eigenvalue weighted by Crippen LogP contribution is -2.21. The molecule has 11 nitrogen and oxygen atoms in total. The molecule has 0 aliphatic heterocycles. The topological polar surface area (TPSA) is 191 Å². The first-order valence-corrected chi connectivity index (χ1v) is 6.12. The first-order valence-electron chi connectivity index (χ1n) is 6.12. The van der Waals surface area contributed by atoms with Crippen molar-refractivity contribution in [2.24, 2.45) is 0 Å². The van der Waals surface area contributed by atoms with E-state index in [0.717, 1.165) is 12.1 Å². The van der Waals surface area contributed by atoms with Gasteiger partial charge < -0.3 is 36.4 Å². The highest BCUT2D eigenvalue weighted by atomic mass is 16.4. The Kier molecular flexibility index (Phi) is 3.70. The molecule has 0 saturated heterocycles. The molecular weight excluding hydrogens is 314 g/mol. The van der Waals surface area contributed by atoms with Gasteiger partial charge in [0.1, 0.15) is 11.7 Å². The van der Waals surface area contributed by atoms with Gasteiger partial charge in [-0.1, -0.05) is 0 Å². The molecule has 0 amide bonds. The van der Waals surface area contributed by atoms with Crippen molar-refractivity contribution in [3.63, 3.8) is 0 Å². The van der Waals surface area contributed by atoms with E-state index >= 15 is 0 Å². The van der Waals surface area contributed by atoms with Crippen LogP contribution in [0.4, 0.5) is 5.69 Å². The number of anilines is 1. The first kappa shape index (κ1) is 15.9. The Balaban J connectivity index is 2.64. The summed E-state index contributed by atoms with van der Waals surface area (Å²) in [6.07, 6.45) is -0.920. The summed E-state index contributed by atoms with van der Waals surface area (Å²) >= 11 is 0. The van der Waals surface area contributed by atoms with E-state index in [1.54, 1.807) is 0 Å². The summed E-state index contributed by atoms with van der Waals surface area (Å²) in [7, 11) is 0. The van der Waals surface area contributed by atoms with Crippen LogP contribution in [0.3, 0.4) is 0 Å². The average molecular weight is 327 g/mol. The lowest BCUT2D eigenvalue weighted by Gasteiger charge is -2.15. The Bertz CT molecular complexity index is 791. The van der Waals surface area contributed by atoms with Crippen LogP contribution in [0.5, 0.6) is 23.5 Å². The van der Waals surface area contributed by atoms with Gasteiger partial charge in [-0.15, -0.1) is 0 Å². The molecule has 2 aromatic heterocycles. The van der Waals surface area contributed by atoms with Crippen LogP contribution in [-0.2, 0) is 9.59 Å². The molecular formula is C12H13N3O8. The van der Waals surface area contributed by atoms with Crippen LogP contribution < -0.4 is 5.73 Å². The maximum Gasteiger partial charge on any atom is 0.327 e. The zero-order chi connectivity index (χ0) is 17.5. The van der Waals surface area contributed by atoms with E-state index in [1.807, 2.05) is 0 Å². The van der Waals surface area contributed by atoms with E-state index in [4.69, 9.17) is 15.9 Å². The third-order valence-electron chi connectivity index (χ3n) is 3.16. The highest BCUT2D eigenvalue weighted by molar-refractivity contribution is 5.80. The number of nitrogens with two attached hydrogens (primary N) is 1. The second kappa shape index (κ2) is 5.36. The van der Waals surface area contributed by atoms with Gasteiger partial charge in [0.2, 0.25) is 17.6 Å². The van der Waals surface area contributed by atoms with E-state index < -0.39 is 47.9 Å². The number of carboxylic acids is 2. The lowest BCUT2D eigenvalue weighted by atomic mass is 10.2. The number of aromatic nitrogens is 2. The number of rotatable bonds is 5. The first-order chi connectivity index (χ1) is 10.6. The van der Waals surface area contributed by atoms with E-state index in [-0.39, 0.29) is 11.4 Å². The SMILES string of the molecule is Nc1cc(O)n(-c2cc(O)n(C(CC(=O)O)C(=O)O)c2O)c1O. The summed E-state index contributed by atoms with van der Waals surface area (Å²) in [5.41, 5.74) is 4.78. The molecule has 2 aromatic rings. The quantitative estimate of drug-likeness (QED) is 0.389. The number of hydrogen-bond donors (Lipinski definition) is 7. The van der Waals surface area contributed by atoms with Crippen molar-refractivity contribution in [1.29, 1.82) is 0 Å². The lowest BCUT2D eigenvalue weighted by molar-refractivity contribution is -0.147. The van der Waals surface area contributed by atoms with Gasteiger partial charge in [0.25, 0.3) is 0 Å². The number of carboxylic acid groups (broad SMARTS) is 2. The number of hydrogen-bond acceptors (Lipinski definition) is 7. The van der Waals surface area contributed by atoms with Gasteiger partial charge in [-0.3, -0.25) is 9.36 Å². The van der Waals surface area contributed by atoms with Crippen LogP contribution in [0.25, 0.3) is 5.69 Å². The minimum atomic E-state index is -1.81. The molecule has 0 radical (unpaired) electrons. The Labute approximate surface area is 127 Å². The minimum Gasteiger partial charge on any atom is -0.494 e. The highest BCUT2D eigenvalue weighted by Gasteiger charge is 2.31. The van der Waals surface area contributed by atoms with Crippen LogP contribution in [0.1, 0.15) is 12.5 Å². The van der Waals surface area contributed by atoms with Crippen LogP contribution in [0.2, 0.25) is 0 Å². The van der Waals surface area contributed by atoms with Crippen molar-refractivity contribution in [1.82, 2.24) is 9.13 Å². The average Bonchev–Trinajstić information content (AvgIpc) is 2.84. The summed E-state index contributed by atoms with van der Waals surface area (Å²) in [6, 6.07) is -0.000356. The number of aliphatic carboxylic acids is 2. The summed E-state index contributed by atoms with van der Waals surface area (Å²) in [4.78, 5) is 21.9. The molecule has 0 aliphatic rings. The predicted octanol–water partition coefficient (Wildman–Crippen LogP) is -0.216. The zero-order valence-corrected chi connectivity index (χ0v) is 11.4. The Morgan fingerprint density at radius 1 is 1.04 bits per heavy atom. The number of nitrogens with zero attached hydrogens (tertiary/aromatic N) is 2. The summed E-state index contributed by atoms with van der Waals surface area (Å²) in [5.74, 6) is -5.98. The third-order valence-corrected chi connectivity index (χ3v) is 3.16. The molecule has 1 atom stereocenters. The maximum atomic E-state index is 11.2. The fourth-order valence-electron chi connectivity index (χ4n) is 2.16. The molecule has 23 heavy (non-hydrogen) atoms. The molecule has 0 saturated carbocycles. The molecule has 0 bridgehead atoms. The van der Waals surface area contributed by atoms with E-state index in [1.165, 1.54) is 0 Å². The number of carbonyl (C=O) groups is 2. The molecule has 8 N–H and O–H groups in total. The van der Waals surface area contributed by atoms with E-state index in [0.29, 0.717) is 9.13 Å². The van der Waals surface area contributed by atoms with Crippen LogP contribution in [0, 0.1) is 0 Å². The zero-order valence-electron chi connectivity index (χ0n) is 11.4. The van der Waals surface area contributed by atoms with Crippen molar-refractivity contribution in [3.05, 3.63) is 12.1 Å². The van der Waals surface area contributed by atoms with Crippen molar-refractivity contribution in [2.45, 2.75) is 12.5 Å². The Morgan fingerprint density at radius 3 is 2.09 bits per heavy atom. The van der Waals surface area contributed by atoms with Gasteiger partial charge in [-0.05, 0) is 0 Å². The van der Waals surface area contributed by atoms with Gasteiger partial charge in [-0.25, -0.2) is 9.36 Å². The van der Waals surface area contributed by atoms with Gasteiger partial charge in [0.15, 0.2) is 5.88 Å². The maximum absolute atomic E-state index is 11.2. The molecule has 2 rings (SSSR count). The van der Waals surface area contributed by atoms with Crippen LogP contribution in [-0.4, -0.2) is 51.7 Å². The number of nitrogen functional groups attached to an aromatic ring is 1. The second-order valence-electron chi connectivity index (χ2n) is 4.65. The molecule has 0 spiro atoms. The summed E-state index contributed by atoms with van der Waals surface area (Å²) in [6.45, 7) is 0. The summed E-state index contributed by atoms with van der Waals surface area (Å²) < 4.78 is 1.10. The molecule has 124 valence electrons. The van der Waals surface area contributed by atoms with Crippen LogP contribution >= 0.6 is 0 Å². The monoisotopic (exact) mass is 327 g/mol. The van der Waals surface area contributed by atoms with Crippen molar-refractivity contribution in [3.8, 4) is 29.2 Å². The van der Waals surface area contributed by atoms with E-state index in [9.17, 15) is 30.0 Å². The third kappa shape index (κ3) is 2.54. The smallest absolute Gasteiger partial charge is 0.327 e. The van der Waals surface area contributed by atoms with Crippen molar-refractivity contribution in [2.75, 3.05) is 5.73 Å². The van der Waals surface area contributed by atoms with Crippen molar-refractivity contribution >= 4 is 17.6 Å². The normalized spacial score (nSPS) is 12.2. The fourth-order valence-corrected chi connectivity index (χ4v) is 2.16. The minimum absolute atomic E-state index is 0.227. The number of aromatic hydroxyl groups is 4. The van der Waals surface area contributed by atoms with Gasteiger partial charge in [0.05, 0.1) is 12.1 Å². The molecule has 11 heteroatoms. The molecule has 0 fully saturated rings. The Hall–Kier alpha value is -3.50. The van der Waals surface area contributed by atoms with Crippen LogP contribution in [0.15, 0.2) is 12.1 Å². The largest absolute Gasteiger partial charge is 0.494 e. The van der Waals surface area contributed by atoms with Crippen molar-refractivity contribution < 1.29 is 40.2 Å². The molecule has 0 aromatic carbocycles. The molecule has 0 aliphatic carbocycles. The molecule has 1 unspecified atom stereocenters. The Morgan fingerprint density at radius 2 is 1.65 bits per heavy atom. The van der Waals surface area contributed by atoms with Gasteiger partial charge >= 0.3 is 11.9 Å². The van der Waals surface area contributed by atoms with Gasteiger partial charge in [-0.2, -0.15) is 0 Å².